The Hall–Kier alpha value is -4.30. The number of aliphatic hydroxyl groups is 1. The monoisotopic (exact) mass is 517 g/mol. The van der Waals surface area contributed by atoms with Crippen molar-refractivity contribution in [3.63, 3.8) is 0 Å². The standard InChI is InChI=1S/C30H31NO7/c1-35-18-8-17-31-26(23-11-7-12-24(36-2)29(23)37-3)25(28(33)30(31)34)27(32)21-13-15-22(16-14-21)38-19-20-9-5-4-6-10-20/h4-7,9-16,26,32H,8,17-19H2,1-3H3/b27-25+. The third-order valence-corrected chi connectivity index (χ3v) is 6.39. The van der Waals surface area contributed by atoms with E-state index in [0.29, 0.717) is 48.0 Å². The Balaban J connectivity index is 1.72. The van der Waals surface area contributed by atoms with Crippen molar-refractivity contribution in [3.8, 4) is 17.2 Å². The number of ketones is 1. The quantitative estimate of drug-likeness (QED) is 0.170. The fraction of sp³-hybridized carbons (Fsp3) is 0.267. The van der Waals surface area contributed by atoms with Crippen LogP contribution in [0.15, 0.2) is 78.4 Å². The van der Waals surface area contributed by atoms with E-state index in [1.807, 2.05) is 30.3 Å². The summed E-state index contributed by atoms with van der Waals surface area (Å²) in [6.45, 7) is 1.07. The number of carbonyl (C=O) groups excluding carboxylic acids is 2. The highest BCUT2D eigenvalue weighted by Gasteiger charge is 2.47. The topological polar surface area (TPSA) is 94.5 Å². The first-order valence-corrected chi connectivity index (χ1v) is 12.3. The number of benzene rings is 3. The lowest BCUT2D eigenvalue weighted by molar-refractivity contribution is -0.140. The van der Waals surface area contributed by atoms with Crippen molar-refractivity contribution in [1.82, 2.24) is 4.90 Å². The van der Waals surface area contributed by atoms with Gasteiger partial charge in [-0.25, -0.2) is 0 Å². The van der Waals surface area contributed by atoms with Gasteiger partial charge in [0.05, 0.1) is 25.8 Å². The summed E-state index contributed by atoms with van der Waals surface area (Å²) >= 11 is 0. The second-order valence-corrected chi connectivity index (χ2v) is 8.72. The van der Waals surface area contributed by atoms with E-state index in [2.05, 4.69) is 0 Å². The zero-order valence-corrected chi connectivity index (χ0v) is 21.7. The van der Waals surface area contributed by atoms with E-state index in [0.717, 1.165) is 5.56 Å². The molecule has 198 valence electrons. The summed E-state index contributed by atoms with van der Waals surface area (Å²) in [5, 5.41) is 11.4. The molecule has 1 amide bonds. The van der Waals surface area contributed by atoms with Crippen LogP contribution in [0.25, 0.3) is 5.76 Å². The smallest absolute Gasteiger partial charge is 0.295 e. The molecule has 38 heavy (non-hydrogen) atoms. The molecule has 1 saturated heterocycles. The van der Waals surface area contributed by atoms with Crippen molar-refractivity contribution in [2.75, 3.05) is 34.5 Å². The van der Waals surface area contributed by atoms with E-state index in [4.69, 9.17) is 18.9 Å². The minimum absolute atomic E-state index is 0.0167. The van der Waals surface area contributed by atoms with Crippen molar-refractivity contribution in [2.24, 2.45) is 0 Å². The number of carbonyl (C=O) groups is 2. The van der Waals surface area contributed by atoms with Gasteiger partial charge in [0.25, 0.3) is 11.7 Å². The first-order chi connectivity index (χ1) is 18.5. The van der Waals surface area contributed by atoms with Crippen LogP contribution < -0.4 is 14.2 Å². The van der Waals surface area contributed by atoms with Crippen LogP contribution >= 0.6 is 0 Å². The van der Waals surface area contributed by atoms with Gasteiger partial charge in [-0.05, 0) is 42.3 Å². The molecule has 0 bridgehead atoms. The van der Waals surface area contributed by atoms with Crippen LogP contribution in [-0.4, -0.2) is 56.2 Å². The third kappa shape index (κ3) is 5.50. The Labute approximate surface area is 222 Å². The fourth-order valence-corrected chi connectivity index (χ4v) is 4.55. The van der Waals surface area contributed by atoms with Gasteiger partial charge in [0, 0.05) is 31.4 Å². The molecule has 1 N–H and O–H groups in total. The predicted molar refractivity (Wildman–Crippen MR) is 142 cm³/mol. The molecule has 8 nitrogen and oxygen atoms in total. The number of methoxy groups -OCH3 is 3. The Morgan fingerprint density at radius 1 is 0.895 bits per heavy atom. The van der Waals surface area contributed by atoms with Gasteiger partial charge in [0.2, 0.25) is 0 Å². The van der Waals surface area contributed by atoms with Crippen molar-refractivity contribution in [3.05, 3.63) is 95.1 Å². The molecule has 3 aromatic rings. The first kappa shape index (κ1) is 26.8. The molecule has 1 unspecified atom stereocenters. The number of nitrogens with zero attached hydrogens (tertiary/aromatic N) is 1. The van der Waals surface area contributed by atoms with Crippen LogP contribution in [-0.2, 0) is 20.9 Å². The summed E-state index contributed by atoms with van der Waals surface area (Å²) in [5.74, 6) is -0.292. The number of likely N-dealkylation sites (tertiary alicyclic amines) is 1. The van der Waals surface area contributed by atoms with Crippen LogP contribution in [0.4, 0.5) is 0 Å². The Morgan fingerprint density at radius 2 is 1.63 bits per heavy atom. The second-order valence-electron chi connectivity index (χ2n) is 8.72. The SMILES string of the molecule is COCCCN1C(=O)C(=O)/C(=C(/O)c2ccc(OCc3ccccc3)cc2)C1c1cccc(OC)c1OC. The van der Waals surface area contributed by atoms with Crippen LogP contribution in [0.5, 0.6) is 17.2 Å². The molecule has 1 aliphatic rings. The summed E-state index contributed by atoms with van der Waals surface area (Å²) < 4.78 is 22.1. The van der Waals surface area contributed by atoms with Crippen molar-refractivity contribution in [1.29, 1.82) is 0 Å². The molecule has 8 heteroatoms. The number of aliphatic hydroxyl groups excluding tert-OH is 1. The van der Waals surface area contributed by atoms with E-state index >= 15 is 0 Å². The van der Waals surface area contributed by atoms with Gasteiger partial charge in [-0.1, -0.05) is 42.5 Å². The van der Waals surface area contributed by atoms with Gasteiger partial charge in [-0.2, -0.15) is 0 Å². The number of hydrogen-bond acceptors (Lipinski definition) is 7. The van der Waals surface area contributed by atoms with Gasteiger partial charge < -0.3 is 29.0 Å². The molecule has 1 atom stereocenters. The molecule has 0 aromatic heterocycles. The lowest BCUT2D eigenvalue weighted by atomic mass is 9.94. The third-order valence-electron chi connectivity index (χ3n) is 6.39. The molecular formula is C30H31NO7. The number of hydrogen-bond donors (Lipinski definition) is 1. The predicted octanol–water partition coefficient (Wildman–Crippen LogP) is 4.74. The van der Waals surface area contributed by atoms with Gasteiger partial charge in [0.1, 0.15) is 18.1 Å². The van der Waals surface area contributed by atoms with Gasteiger partial charge in [0.15, 0.2) is 11.5 Å². The maximum Gasteiger partial charge on any atom is 0.295 e. The van der Waals surface area contributed by atoms with Crippen molar-refractivity contribution in [2.45, 2.75) is 19.1 Å². The van der Waals surface area contributed by atoms with Crippen molar-refractivity contribution >= 4 is 17.4 Å². The molecule has 1 heterocycles. The average Bonchev–Trinajstić information content (AvgIpc) is 3.21. The number of para-hydroxylation sites is 1. The maximum atomic E-state index is 13.3. The molecular weight excluding hydrogens is 486 g/mol. The highest BCUT2D eigenvalue weighted by Crippen LogP contribution is 2.45. The Bertz CT molecular complexity index is 1300. The lowest BCUT2D eigenvalue weighted by Crippen LogP contribution is -2.31. The fourth-order valence-electron chi connectivity index (χ4n) is 4.55. The minimum atomic E-state index is -0.870. The van der Waals surface area contributed by atoms with Crippen molar-refractivity contribution < 1.29 is 33.6 Å². The molecule has 1 fully saturated rings. The van der Waals surface area contributed by atoms with E-state index in [1.54, 1.807) is 49.6 Å². The first-order valence-electron chi connectivity index (χ1n) is 12.3. The van der Waals surface area contributed by atoms with E-state index in [1.165, 1.54) is 19.1 Å². The van der Waals surface area contributed by atoms with E-state index in [-0.39, 0.29) is 17.9 Å². The second kappa shape index (κ2) is 12.3. The van der Waals surface area contributed by atoms with Crippen LogP contribution in [0.3, 0.4) is 0 Å². The average molecular weight is 518 g/mol. The van der Waals surface area contributed by atoms with Crippen LogP contribution in [0.2, 0.25) is 0 Å². The number of Topliss-reactive ketones (excluding diaryl/α,β-unsaturated/α-hetero) is 1. The molecule has 1 aliphatic heterocycles. The van der Waals surface area contributed by atoms with E-state index in [9.17, 15) is 14.7 Å². The Kier molecular flexibility index (Phi) is 8.66. The highest BCUT2D eigenvalue weighted by atomic mass is 16.5. The lowest BCUT2D eigenvalue weighted by Gasteiger charge is -2.27. The molecule has 0 aliphatic carbocycles. The summed E-state index contributed by atoms with van der Waals surface area (Å²) in [6, 6.07) is 20.9. The van der Waals surface area contributed by atoms with Gasteiger partial charge in [-0.3, -0.25) is 9.59 Å². The van der Waals surface area contributed by atoms with Crippen LogP contribution in [0.1, 0.15) is 29.2 Å². The summed E-state index contributed by atoms with van der Waals surface area (Å²) in [7, 11) is 4.58. The number of ether oxygens (including phenoxy) is 4. The molecule has 0 radical (unpaired) electrons. The van der Waals surface area contributed by atoms with Gasteiger partial charge >= 0.3 is 0 Å². The zero-order chi connectivity index (χ0) is 27.1. The summed E-state index contributed by atoms with van der Waals surface area (Å²) in [5.41, 5.74) is 1.93. The highest BCUT2D eigenvalue weighted by molar-refractivity contribution is 6.46. The number of rotatable bonds is 11. The zero-order valence-electron chi connectivity index (χ0n) is 21.7. The van der Waals surface area contributed by atoms with Crippen LogP contribution in [0, 0.1) is 0 Å². The molecule has 3 aromatic carbocycles. The molecule has 0 saturated carbocycles. The Morgan fingerprint density at radius 3 is 2.29 bits per heavy atom. The summed E-state index contributed by atoms with van der Waals surface area (Å²) in [4.78, 5) is 27.9. The minimum Gasteiger partial charge on any atom is -0.507 e. The largest absolute Gasteiger partial charge is 0.507 e. The molecule has 4 rings (SSSR count). The van der Waals surface area contributed by atoms with E-state index < -0.39 is 17.7 Å². The maximum absolute atomic E-state index is 13.3. The number of amides is 1. The summed E-state index contributed by atoms with van der Waals surface area (Å²) in [6.07, 6.45) is 0.514. The van der Waals surface area contributed by atoms with Gasteiger partial charge in [-0.15, -0.1) is 0 Å². The normalized spacial score (nSPS) is 16.5. The molecule has 0 spiro atoms.